The van der Waals surface area contributed by atoms with Gasteiger partial charge in [-0.15, -0.1) is 11.8 Å². The molecule has 0 bridgehead atoms. The molecule has 0 atom stereocenters. The molecule has 0 aromatic heterocycles. The van der Waals surface area contributed by atoms with Crippen LogP contribution >= 0.6 is 11.8 Å². The van der Waals surface area contributed by atoms with Gasteiger partial charge in [0, 0.05) is 39.5 Å². The van der Waals surface area contributed by atoms with E-state index in [0.29, 0.717) is 22.4 Å². The van der Waals surface area contributed by atoms with Crippen LogP contribution in [0.2, 0.25) is 0 Å². The average Bonchev–Trinajstić information content (AvgIpc) is 2.72. The molecule has 28 heavy (non-hydrogen) atoms. The summed E-state index contributed by atoms with van der Waals surface area (Å²) in [5, 5.41) is 10.7. The Labute approximate surface area is 165 Å². The molecule has 138 valence electrons. The predicted molar refractivity (Wildman–Crippen MR) is 107 cm³/mol. The summed E-state index contributed by atoms with van der Waals surface area (Å²) in [4.78, 5) is 22.3. The van der Waals surface area contributed by atoms with Crippen molar-refractivity contribution in [3.63, 3.8) is 0 Å². The fourth-order valence-electron chi connectivity index (χ4n) is 2.39. The molecule has 0 N–H and O–H groups in total. The van der Waals surface area contributed by atoms with Gasteiger partial charge in [0.2, 0.25) is 0 Å². The van der Waals surface area contributed by atoms with E-state index in [9.17, 15) is 19.3 Å². The number of non-ortho nitro benzene ring substituents is 1. The molecule has 4 nitrogen and oxygen atoms in total. The number of halogens is 1. The average molecular weight is 391 g/mol. The van der Waals surface area contributed by atoms with Gasteiger partial charge < -0.3 is 0 Å². The molecule has 3 aromatic carbocycles. The first kappa shape index (κ1) is 19.3. The summed E-state index contributed by atoms with van der Waals surface area (Å²) in [7, 11) is 0. The standard InChI is InChI=1S/C22H14FNO3S/c23-20-8-2-16(3-9-20)1-7-19-13-18(14-25)6-12-22(19)28-15-17-4-10-21(11-5-17)24(26)27/h2-6,8-14H,15H2. The van der Waals surface area contributed by atoms with Crippen molar-refractivity contribution < 1.29 is 14.1 Å². The van der Waals surface area contributed by atoms with E-state index in [2.05, 4.69) is 11.8 Å². The summed E-state index contributed by atoms with van der Waals surface area (Å²) < 4.78 is 13.0. The Morgan fingerprint density at radius 2 is 1.71 bits per heavy atom. The van der Waals surface area contributed by atoms with E-state index < -0.39 is 4.92 Å². The lowest BCUT2D eigenvalue weighted by atomic mass is 10.1. The van der Waals surface area contributed by atoms with Gasteiger partial charge in [0.1, 0.15) is 12.1 Å². The third kappa shape index (κ3) is 5.06. The third-order valence-electron chi connectivity index (χ3n) is 3.87. The molecule has 0 aliphatic heterocycles. The highest BCUT2D eigenvalue weighted by atomic mass is 32.2. The first-order valence-electron chi connectivity index (χ1n) is 8.28. The summed E-state index contributed by atoms with van der Waals surface area (Å²) >= 11 is 1.52. The van der Waals surface area contributed by atoms with Crippen LogP contribution in [0, 0.1) is 27.8 Å². The topological polar surface area (TPSA) is 60.2 Å². The number of rotatable bonds is 5. The first-order valence-corrected chi connectivity index (χ1v) is 9.26. The molecule has 0 fully saturated rings. The quantitative estimate of drug-likeness (QED) is 0.196. The molecule has 3 aromatic rings. The number of carbonyl (C=O) groups excluding carboxylic acids is 1. The van der Waals surface area contributed by atoms with E-state index in [1.165, 1.54) is 36.0 Å². The van der Waals surface area contributed by atoms with Gasteiger partial charge in [-0.05, 0) is 42.0 Å². The molecule has 0 heterocycles. The van der Waals surface area contributed by atoms with Crippen LogP contribution in [-0.2, 0) is 5.75 Å². The molecule has 0 spiro atoms. The first-order chi connectivity index (χ1) is 13.5. The summed E-state index contributed by atoms with van der Waals surface area (Å²) in [5.41, 5.74) is 2.87. The minimum atomic E-state index is -0.432. The monoisotopic (exact) mass is 391 g/mol. The third-order valence-corrected chi connectivity index (χ3v) is 5.01. The van der Waals surface area contributed by atoms with Crippen molar-refractivity contribution in [2.75, 3.05) is 0 Å². The molecular formula is C22H14FNO3S. The Hall–Kier alpha value is -3.43. The fraction of sp³-hybridized carbons (Fsp3) is 0.0455. The Morgan fingerprint density at radius 3 is 2.36 bits per heavy atom. The number of aldehydes is 1. The van der Waals surface area contributed by atoms with Crippen molar-refractivity contribution >= 4 is 23.7 Å². The molecule has 0 saturated carbocycles. The Morgan fingerprint density at radius 1 is 1.00 bits per heavy atom. The molecule has 0 aliphatic carbocycles. The van der Waals surface area contributed by atoms with E-state index in [0.717, 1.165) is 16.7 Å². The molecule has 0 radical (unpaired) electrons. The largest absolute Gasteiger partial charge is 0.298 e. The number of nitro groups is 1. The summed E-state index contributed by atoms with van der Waals surface area (Å²) in [6, 6.07) is 17.5. The smallest absolute Gasteiger partial charge is 0.269 e. The summed E-state index contributed by atoms with van der Waals surface area (Å²) in [6.07, 6.45) is 0.758. The van der Waals surface area contributed by atoms with E-state index in [-0.39, 0.29) is 11.5 Å². The number of hydrogen-bond acceptors (Lipinski definition) is 4. The Balaban J connectivity index is 1.81. The summed E-state index contributed by atoms with van der Waals surface area (Å²) in [6.45, 7) is 0. The van der Waals surface area contributed by atoms with Crippen LogP contribution in [0.25, 0.3) is 0 Å². The van der Waals surface area contributed by atoms with Crippen molar-refractivity contribution in [2.45, 2.75) is 10.6 Å². The summed E-state index contributed by atoms with van der Waals surface area (Å²) in [5.74, 6) is 6.29. The molecular weight excluding hydrogens is 377 g/mol. The zero-order valence-electron chi connectivity index (χ0n) is 14.6. The van der Waals surface area contributed by atoms with E-state index in [4.69, 9.17) is 0 Å². The molecule has 6 heteroatoms. The Bertz CT molecular complexity index is 1070. The molecule has 0 saturated heterocycles. The van der Waals surface area contributed by atoms with E-state index in [1.807, 2.05) is 6.07 Å². The van der Waals surface area contributed by atoms with E-state index >= 15 is 0 Å². The maximum absolute atomic E-state index is 13.0. The number of hydrogen-bond donors (Lipinski definition) is 0. The van der Waals surface area contributed by atoms with Crippen molar-refractivity contribution in [3.8, 4) is 11.8 Å². The number of benzene rings is 3. The van der Waals surface area contributed by atoms with Gasteiger partial charge in [0.15, 0.2) is 0 Å². The van der Waals surface area contributed by atoms with Crippen molar-refractivity contribution in [2.24, 2.45) is 0 Å². The normalized spacial score (nSPS) is 10.0. The second-order valence-corrected chi connectivity index (χ2v) is 6.86. The van der Waals surface area contributed by atoms with Gasteiger partial charge in [-0.2, -0.15) is 0 Å². The maximum atomic E-state index is 13.0. The number of nitro benzene ring substituents is 1. The van der Waals surface area contributed by atoms with Crippen LogP contribution < -0.4 is 0 Å². The van der Waals surface area contributed by atoms with E-state index in [1.54, 1.807) is 36.4 Å². The number of carbonyl (C=O) groups is 1. The van der Waals surface area contributed by atoms with Crippen LogP contribution in [-0.4, -0.2) is 11.2 Å². The minimum Gasteiger partial charge on any atom is -0.298 e. The maximum Gasteiger partial charge on any atom is 0.269 e. The van der Waals surface area contributed by atoms with Gasteiger partial charge in [-0.3, -0.25) is 14.9 Å². The van der Waals surface area contributed by atoms with Crippen molar-refractivity contribution in [1.29, 1.82) is 0 Å². The number of thioether (sulfide) groups is 1. The number of nitrogens with zero attached hydrogens (tertiary/aromatic N) is 1. The highest BCUT2D eigenvalue weighted by Gasteiger charge is 2.07. The second-order valence-electron chi connectivity index (χ2n) is 5.84. The fourth-order valence-corrected chi connectivity index (χ4v) is 3.34. The van der Waals surface area contributed by atoms with Crippen LogP contribution in [0.5, 0.6) is 0 Å². The van der Waals surface area contributed by atoms with Crippen LogP contribution in [0.4, 0.5) is 10.1 Å². The highest BCUT2D eigenvalue weighted by Crippen LogP contribution is 2.27. The SMILES string of the molecule is O=Cc1ccc(SCc2ccc([N+](=O)[O-])cc2)c(C#Cc2ccc(F)cc2)c1. The lowest BCUT2D eigenvalue weighted by Gasteiger charge is -2.06. The second kappa shape index (κ2) is 8.98. The zero-order valence-corrected chi connectivity index (χ0v) is 15.4. The minimum absolute atomic E-state index is 0.0509. The highest BCUT2D eigenvalue weighted by molar-refractivity contribution is 7.98. The van der Waals surface area contributed by atoms with Crippen LogP contribution in [0.15, 0.2) is 71.6 Å². The van der Waals surface area contributed by atoms with Gasteiger partial charge in [-0.25, -0.2) is 4.39 Å². The van der Waals surface area contributed by atoms with Gasteiger partial charge in [0.25, 0.3) is 5.69 Å². The molecule has 0 aliphatic rings. The van der Waals surface area contributed by atoms with Crippen LogP contribution in [0.1, 0.15) is 27.0 Å². The predicted octanol–water partition coefficient (Wildman–Crippen LogP) is 5.24. The lowest BCUT2D eigenvalue weighted by Crippen LogP contribution is -1.90. The Kier molecular flexibility index (Phi) is 6.20. The van der Waals surface area contributed by atoms with Gasteiger partial charge in [-0.1, -0.05) is 30.0 Å². The van der Waals surface area contributed by atoms with Crippen LogP contribution in [0.3, 0.4) is 0 Å². The van der Waals surface area contributed by atoms with Gasteiger partial charge in [0.05, 0.1) is 4.92 Å². The van der Waals surface area contributed by atoms with Gasteiger partial charge >= 0.3 is 0 Å². The van der Waals surface area contributed by atoms with Crippen molar-refractivity contribution in [1.82, 2.24) is 0 Å². The lowest BCUT2D eigenvalue weighted by molar-refractivity contribution is -0.384. The zero-order chi connectivity index (χ0) is 19.9. The molecule has 3 rings (SSSR count). The van der Waals surface area contributed by atoms with Crippen molar-refractivity contribution in [3.05, 3.63) is 105 Å². The molecule has 0 unspecified atom stereocenters. The molecule has 0 amide bonds.